The van der Waals surface area contributed by atoms with Crippen molar-refractivity contribution < 1.29 is 4.74 Å². The average Bonchev–Trinajstić information content (AvgIpc) is 2.80. The van der Waals surface area contributed by atoms with Gasteiger partial charge in [0.2, 0.25) is 0 Å². The molecule has 1 aliphatic heterocycles. The summed E-state index contributed by atoms with van der Waals surface area (Å²) in [5, 5.41) is 3.64. The fourth-order valence-electron chi connectivity index (χ4n) is 2.59. The fourth-order valence-corrected chi connectivity index (χ4v) is 4.43. The van der Waals surface area contributed by atoms with Crippen molar-refractivity contribution in [1.82, 2.24) is 5.32 Å². The van der Waals surface area contributed by atoms with Crippen LogP contribution in [0.3, 0.4) is 0 Å². The zero-order valence-electron chi connectivity index (χ0n) is 12.0. The predicted octanol–water partition coefficient (Wildman–Crippen LogP) is 5.55. The molecule has 1 aromatic rings. The van der Waals surface area contributed by atoms with Crippen molar-refractivity contribution in [1.29, 1.82) is 0 Å². The fraction of sp³-hybridized carbons (Fsp3) is 0.733. The molecule has 2 rings (SSSR count). The van der Waals surface area contributed by atoms with Crippen molar-refractivity contribution in [2.75, 3.05) is 13.2 Å². The molecule has 114 valence electrons. The van der Waals surface area contributed by atoms with Gasteiger partial charge in [-0.05, 0) is 67.1 Å². The van der Waals surface area contributed by atoms with Crippen LogP contribution in [0.15, 0.2) is 10.5 Å². The number of hydrogen-bond acceptors (Lipinski definition) is 3. The van der Waals surface area contributed by atoms with Gasteiger partial charge in [0.05, 0.1) is 6.10 Å². The molecule has 1 N–H and O–H groups in total. The zero-order chi connectivity index (χ0) is 14.4. The van der Waals surface area contributed by atoms with Crippen molar-refractivity contribution in [2.45, 2.75) is 57.6 Å². The minimum Gasteiger partial charge on any atom is -0.378 e. The molecule has 2 atom stereocenters. The molecular formula is C15H23BrClNOS. The van der Waals surface area contributed by atoms with Crippen LogP contribution in [0.5, 0.6) is 0 Å². The van der Waals surface area contributed by atoms with Crippen LogP contribution >= 0.6 is 38.9 Å². The molecule has 2 unspecified atom stereocenters. The molecule has 0 radical (unpaired) electrons. The summed E-state index contributed by atoms with van der Waals surface area (Å²) in [6.07, 6.45) is 7.61. The highest BCUT2D eigenvalue weighted by Crippen LogP contribution is 2.37. The SMILES string of the molecule is CCCNC(CCC1CCCCO1)c1cc(Br)c(Cl)s1. The zero-order valence-corrected chi connectivity index (χ0v) is 15.1. The third-order valence-electron chi connectivity index (χ3n) is 3.70. The number of rotatable bonds is 7. The normalized spacial score (nSPS) is 21.1. The number of ether oxygens (including phenoxy) is 1. The second kappa shape index (κ2) is 8.74. The lowest BCUT2D eigenvalue weighted by Gasteiger charge is -2.25. The van der Waals surface area contributed by atoms with Crippen molar-refractivity contribution in [2.24, 2.45) is 0 Å². The highest BCUT2D eigenvalue weighted by Gasteiger charge is 2.19. The molecule has 0 saturated carbocycles. The Morgan fingerprint density at radius 1 is 1.55 bits per heavy atom. The van der Waals surface area contributed by atoms with Gasteiger partial charge in [0.1, 0.15) is 4.34 Å². The van der Waals surface area contributed by atoms with Gasteiger partial charge in [-0.15, -0.1) is 11.3 Å². The van der Waals surface area contributed by atoms with Crippen molar-refractivity contribution in [3.05, 3.63) is 19.8 Å². The predicted molar refractivity (Wildman–Crippen MR) is 90.9 cm³/mol. The summed E-state index contributed by atoms with van der Waals surface area (Å²) >= 11 is 11.4. The smallest absolute Gasteiger partial charge is 0.107 e. The van der Waals surface area contributed by atoms with Gasteiger partial charge in [0, 0.05) is 22.0 Å². The van der Waals surface area contributed by atoms with Gasteiger partial charge >= 0.3 is 0 Å². The lowest BCUT2D eigenvalue weighted by Crippen LogP contribution is -2.25. The van der Waals surface area contributed by atoms with Gasteiger partial charge in [-0.1, -0.05) is 18.5 Å². The third kappa shape index (κ3) is 4.99. The van der Waals surface area contributed by atoms with Gasteiger partial charge in [-0.25, -0.2) is 0 Å². The Balaban J connectivity index is 1.92. The number of nitrogens with one attached hydrogen (secondary N) is 1. The van der Waals surface area contributed by atoms with Gasteiger partial charge in [-0.3, -0.25) is 0 Å². The largest absolute Gasteiger partial charge is 0.378 e. The van der Waals surface area contributed by atoms with Gasteiger partial charge in [0.15, 0.2) is 0 Å². The standard InChI is InChI=1S/C15H23BrClNOS/c1-2-8-18-13(14-10-12(16)15(17)20-14)7-6-11-5-3-4-9-19-11/h10-11,13,18H,2-9H2,1H3. The number of thiophene rings is 1. The highest BCUT2D eigenvalue weighted by atomic mass is 79.9. The van der Waals surface area contributed by atoms with Gasteiger partial charge in [-0.2, -0.15) is 0 Å². The van der Waals surface area contributed by atoms with E-state index >= 15 is 0 Å². The van der Waals surface area contributed by atoms with Crippen LogP contribution in [0.1, 0.15) is 56.4 Å². The summed E-state index contributed by atoms with van der Waals surface area (Å²) in [7, 11) is 0. The molecule has 0 bridgehead atoms. The van der Waals surface area contributed by atoms with Crippen molar-refractivity contribution >= 4 is 38.9 Å². The Labute approximate surface area is 139 Å². The molecule has 2 nitrogen and oxygen atoms in total. The highest BCUT2D eigenvalue weighted by molar-refractivity contribution is 9.10. The molecule has 1 aliphatic rings. The van der Waals surface area contributed by atoms with Gasteiger partial charge in [0.25, 0.3) is 0 Å². The molecule has 0 spiro atoms. The Hall–Kier alpha value is 0.390. The summed E-state index contributed by atoms with van der Waals surface area (Å²) in [6.45, 7) is 4.18. The second-order valence-electron chi connectivity index (χ2n) is 5.34. The number of halogens is 2. The van der Waals surface area contributed by atoms with E-state index in [1.54, 1.807) is 11.3 Å². The molecule has 5 heteroatoms. The molecule has 0 aliphatic carbocycles. The molecular weight excluding hydrogens is 358 g/mol. The summed E-state index contributed by atoms with van der Waals surface area (Å²) in [6, 6.07) is 2.55. The molecule has 1 saturated heterocycles. The quantitative estimate of drug-likeness (QED) is 0.669. The maximum atomic E-state index is 6.18. The van der Waals surface area contributed by atoms with E-state index in [2.05, 4.69) is 34.2 Å². The second-order valence-corrected chi connectivity index (χ2v) is 7.88. The number of hydrogen-bond donors (Lipinski definition) is 1. The average molecular weight is 381 g/mol. The molecule has 0 amide bonds. The maximum absolute atomic E-state index is 6.18. The van der Waals surface area contributed by atoms with E-state index in [1.807, 2.05) is 0 Å². The summed E-state index contributed by atoms with van der Waals surface area (Å²) in [4.78, 5) is 1.33. The van der Waals surface area contributed by atoms with Crippen molar-refractivity contribution in [3.8, 4) is 0 Å². The summed E-state index contributed by atoms with van der Waals surface area (Å²) in [5.41, 5.74) is 0. The van der Waals surface area contributed by atoms with E-state index in [4.69, 9.17) is 16.3 Å². The monoisotopic (exact) mass is 379 g/mol. The van der Waals surface area contributed by atoms with E-state index in [9.17, 15) is 0 Å². The van der Waals surface area contributed by atoms with Crippen LogP contribution in [0.25, 0.3) is 0 Å². The minimum absolute atomic E-state index is 0.397. The first-order valence-corrected chi connectivity index (χ1v) is 9.49. The van der Waals surface area contributed by atoms with Crippen LogP contribution in [0.4, 0.5) is 0 Å². The van der Waals surface area contributed by atoms with Crippen LogP contribution in [-0.4, -0.2) is 19.3 Å². The Morgan fingerprint density at radius 3 is 3.00 bits per heavy atom. The van der Waals surface area contributed by atoms with Crippen molar-refractivity contribution in [3.63, 3.8) is 0 Å². The summed E-state index contributed by atoms with van der Waals surface area (Å²) < 4.78 is 7.69. The lowest BCUT2D eigenvalue weighted by atomic mass is 10.0. The molecule has 0 aromatic carbocycles. The minimum atomic E-state index is 0.397. The molecule has 20 heavy (non-hydrogen) atoms. The van der Waals surface area contributed by atoms with Crippen LogP contribution < -0.4 is 5.32 Å². The maximum Gasteiger partial charge on any atom is 0.107 e. The third-order valence-corrected chi connectivity index (χ3v) is 6.29. The molecule has 1 aromatic heterocycles. The first-order valence-electron chi connectivity index (χ1n) is 7.50. The van der Waals surface area contributed by atoms with E-state index in [1.165, 1.54) is 24.1 Å². The molecule has 1 fully saturated rings. The Bertz CT molecular complexity index is 387. The summed E-state index contributed by atoms with van der Waals surface area (Å²) in [5.74, 6) is 0. The van der Waals surface area contributed by atoms with Crippen LogP contribution in [-0.2, 0) is 4.74 Å². The first kappa shape index (κ1) is 16.8. The molecule has 2 heterocycles. The van der Waals surface area contributed by atoms with E-state index in [0.29, 0.717) is 12.1 Å². The van der Waals surface area contributed by atoms with Gasteiger partial charge < -0.3 is 10.1 Å². The first-order chi connectivity index (χ1) is 9.70. The van der Waals surface area contributed by atoms with E-state index in [-0.39, 0.29) is 0 Å². The Kier molecular flexibility index (Phi) is 7.32. The Morgan fingerprint density at radius 2 is 2.40 bits per heavy atom. The topological polar surface area (TPSA) is 21.3 Å². The van der Waals surface area contributed by atoms with Crippen LogP contribution in [0, 0.1) is 0 Å². The lowest BCUT2D eigenvalue weighted by molar-refractivity contribution is 0.00860. The van der Waals surface area contributed by atoms with Crippen LogP contribution in [0.2, 0.25) is 4.34 Å². The van der Waals surface area contributed by atoms with E-state index < -0.39 is 0 Å². The van der Waals surface area contributed by atoms with E-state index in [0.717, 1.165) is 41.2 Å².